The highest BCUT2D eigenvalue weighted by atomic mass is 127. The van der Waals surface area contributed by atoms with Crippen LogP contribution in [0.4, 0.5) is 0 Å². The third-order valence-electron chi connectivity index (χ3n) is 5.59. The van der Waals surface area contributed by atoms with Crippen molar-refractivity contribution in [3.8, 4) is 0 Å². The van der Waals surface area contributed by atoms with Gasteiger partial charge in [-0.3, -0.25) is 4.99 Å². The molecule has 0 spiro atoms. The zero-order chi connectivity index (χ0) is 15.6. The maximum absolute atomic E-state index is 5.89. The molecule has 0 radical (unpaired) electrons. The van der Waals surface area contributed by atoms with Crippen molar-refractivity contribution in [2.45, 2.75) is 52.2 Å². The summed E-state index contributed by atoms with van der Waals surface area (Å²) in [5, 5.41) is 7.14. The third-order valence-corrected chi connectivity index (χ3v) is 6.63. The van der Waals surface area contributed by atoms with E-state index < -0.39 is 0 Å². The van der Waals surface area contributed by atoms with Crippen LogP contribution in [0.1, 0.15) is 40.0 Å². The first-order valence-corrected chi connectivity index (χ1v) is 10.0. The minimum Gasteiger partial charge on any atom is -0.377 e. The lowest BCUT2D eigenvalue weighted by molar-refractivity contribution is -0.106. The van der Waals surface area contributed by atoms with Crippen LogP contribution in [0.25, 0.3) is 0 Å². The molecule has 134 valence electrons. The number of halogens is 1. The Morgan fingerprint density at radius 2 is 2.00 bits per heavy atom. The van der Waals surface area contributed by atoms with Crippen molar-refractivity contribution >= 4 is 41.7 Å². The lowest BCUT2D eigenvalue weighted by Crippen LogP contribution is -2.68. The summed E-state index contributed by atoms with van der Waals surface area (Å²) in [5.41, 5.74) is 0.207. The van der Waals surface area contributed by atoms with E-state index in [4.69, 9.17) is 9.73 Å². The molecular weight excluding hydrogens is 421 g/mol. The number of hydrogen-bond donors (Lipinski definition) is 2. The van der Waals surface area contributed by atoms with Crippen molar-refractivity contribution in [3.05, 3.63) is 0 Å². The molecule has 4 nitrogen and oxygen atoms in total. The summed E-state index contributed by atoms with van der Waals surface area (Å²) in [6, 6.07) is 0.486. The fraction of sp³-hybridized carbons (Fsp3) is 0.941. The highest BCUT2D eigenvalue weighted by molar-refractivity contribution is 14.0. The Balaban J connectivity index is 0.00000192. The molecule has 3 aliphatic rings. The molecule has 2 heterocycles. The Labute approximate surface area is 162 Å². The Bertz CT molecular complexity index is 413. The second kappa shape index (κ2) is 8.61. The molecule has 3 rings (SSSR count). The first kappa shape index (κ1) is 19.6. The van der Waals surface area contributed by atoms with Crippen LogP contribution in [-0.2, 0) is 4.74 Å². The predicted octanol–water partition coefficient (Wildman–Crippen LogP) is 3.12. The van der Waals surface area contributed by atoms with Crippen molar-refractivity contribution in [1.29, 1.82) is 0 Å². The number of thioether (sulfide) groups is 1. The van der Waals surface area contributed by atoms with E-state index in [1.165, 1.54) is 30.8 Å². The van der Waals surface area contributed by atoms with Crippen LogP contribution in [0.5, 0.6) is 0 Å². The van der Waals surface area contributed by atoms with E-state index in [2.05, 4.69) is 43.2 Å². The summed E-state index contributed by atoms with van der Waals surface area (Å²) in [4.78, 5) is 4.88. The van der Waals surface area contributed by atoms with Crippen molar-refractivity contribution in [3.63, 3.8) is 0 Å². The first-order valence-electron chi connectivity index (χ1n) is 8.87. The monoisotopic (exact) mass is 453 g/mol. The lowest BCUT2D eigenvalue weighted by Gasteiger charge is -2.55. The topological polar surface area (TPSA) is 45.7 Å². The normalized spacial score (nSPS) is 33.3. The number of fused-ring (bicyclic) bond motifs is 1. The Morgan fingerprint density at radius 1 is 1.26 bits per heavy atom. The summed E-state index contributed by atoms with van der Waals surface area (Å²) in [6.45, 7) is 9.59. The quantitative estimate of drug-likeness (QED) is 0.390. The zero-order valence-corrected chi connectivity index (χ0v) is 17.8. The van der Waals surface area contributed by atoms with Gasteiger partial charge in [-0.1, -0.05) is 13.8 Å². The average molecular weight is 453 g/mol. The molecule has 23 heavy (non-hydrogen) atoms. The molecule has 6 heteroatoms. The predicted molar refractivity (Wildman–Crippen MR) is 110 cm³/mol. The van der Waals surface area contributed by atoms with E-state index in [-0.39, 0.29) is 29.4 Å². The molecule has 0 aromatic heterocycles. The fourth-order valence-corrected chi connectivity index (χ4v) is 5.44. The third kappa shape index (κ3) is 4.29. The first-order chi connectivity index (χ1) is 10.6. The minimum absolute atomic E-state index is 0. The number of hydrogen-bond acceptors (Lipinski definition) is 3. The van der Waals surface area contributed by atoms with E-state index >= 15 is 0 Å². The zero-order valence-electron chi connectivity index (χ0n) is 14.6. The van der Waals surface area contributed by atoms with Crippen molar-refractivity contribution < 1.29 is 4.74 Å². The Kier molecular flexibility index (Phi) is 7.35. The van der Waals surface area contributed by atoms with Gasteiger partial charge >= 0.3 is 0 Å². The van der Waals surface area contributed by atoms with Crippen LogP contribution in [-0.4, -0.2) is 49.3 Å². The summed E-state index contributed by atoms with van der Waals surface area (Å²) >= 11 is 2.08. The van der Waals surface area contributed by atoms with Crippen LogP contribution in [0, 0.1) is 17.3 Å². The molecule has 2 saturated heterocycles. The smallest absolute Gasteiger partial charge is 0.191 e. The summed E-state index contributed by atoms with van der Waals surface area (Å²) in [7, 11) is 0. The van der Waals surface area contributed by atoms with Gasteiger partial charge in [-0.25, -0.2) is 0 Å². The van der Waals surface area contributed by atoms with Crippen molar-refractivity contribution in [2.75, 3.05) is 31.2 Å². The van der Waals surface area contributed by atoms with Gasteiger partial charge in [0.15, 0.2) is 5.96 Å². The minimum atomic E-state index is 0. The van der Waals surface area contributed by atoms with Gasteiger partial charge < -0.3 is 15.4 Å². The number of nitrogens with zero attached hydrogens (tertiary/aromatic N) is 1. The van der Waals surface area contributed by atoms with Crippen LogP contribution in [0.15, 0.2) is 4.99 Å². The van der Waals surface area contributed by atoms with E-state index in [0.29, 0.717) is 18.1 Å². The van der Waals surface area contributed by atoms with Gasteiger partial charge in [0, 0.05) is 37.1 Å². The highest BCUT2D eigenvalue weighted by Crippen LogP contribution is 2.52. The van der Waals surface area contributed by atoms with Crippen molar-refractivity contribution in [1.82, 2.24) is 10.6 Å². The van der Waals surface area contributed by atoms with E-state index in [1.54, 1.807) is 0 Å². The molecule has 3 unspecified atom stereocenters. The largest absolute Gasteiger partial charge is 0.377 e. The number of aliphatic imine (C=N–C) groups is 1. The van der Waals surface area contributed by atoms with Gasteiger partial charge in [-0.15, -0.1) is 24.0 Å². The molecular formula is C17H32IN3OS. The average Bonchev–Trinajstić information content (AvgIpc) is 2.98. The van der Waals surface area contributed by atoms with Gasteiger partial charge in [-0.05, 0) is 43.6 Å². The van der Waals surface area contributed by atoms with Crippen molar-refractivity contribution in [2.24, 2.45) is 22.2 Å². The van der Waals surface area contributed by atoms with Gasteiger partial charge in [0.1, 0.15) is 0 Å². The van der Waals surface area contributed by atoms with Gasteiger partial charge in [0.2, 0.25) is 0 Å². The molecule has 0 bridgehead atoms. The van der Waals surface area contributed by atoms with Gasteiger partial charge in [-0.2, -0.15) is 11.8 Å². The second-order valence-electron chi connectivity index (χ2n) is 7.46. The van der Waals surface area contributed by atoms with E-state index in [9.17, 15) is 0 Å². The molecule has 2 N–H and O–H groups in total. The number of ether oxygens (including phenoxy) is 1. The number of guanidine groups is 1. The Hall–Kier alpha value is 0.310. The van der Waals surface area contributed by atoms with Crippen LogP contribution in [0.2, 0.25) is 0 Å². The number of nitrogens with one attached hydrogen (secondary N) is 2. The molecule has 1 saturated carbocycles. The van der Waals surface area contributed by atoms with E-state index in [1.807, 2.05) is 0 Å². The standard InChI is InChI=1S/C17H31N3OS.HI/c1-4-18-16(19-11-12-6-9-22-10-7-12)20-14-13-5-8-21-15(13)17(14,2)3;/h12-15H,4-11H2,1-3H3,(H2,18,19,20);1H. The summed E-state index contributed by atoms with van der Waals surface area (Å²) in [6.07, 6.45) is 4.26. The highest BCUT2D eigenvalue weighted by Gasteiger charge is 2.59. The Morgan fingerprint density at radius 3 is 2.70 bits per heavy atom. The maximum atomic E-state index is 5.89. The van der Waals surface area contributed by atoms with Crippen LogP contribution in [0.3, 0.4) is 0 Å². The molecule has 0 amide bonds. The van der Waals surface area contributed by atoms with E-state index in [0.717, 1.165) is 31.6 Å². The molecule has 2 aliphatic heterocycles. The van der Waals surface area contributed by atoms with Crippen LogP contribution >= 0.6 is 35.7 Å². The van der Waals surface area contributed by atoms with Gasteiger partial charge in [0.25, 0.3) is 0 Å². The van der Waals surface area contributed by atoms with Crippen LogP contribution < -0.4 is 10.6 Å². The molecule has 1 aliphatic carbocycles. The summed E-state index contributed by atoms with van der Waals surface area (Å²) < 4.78 is 5.89. The lowest BCUT2D eigenvalue weighted by atomic mass is 9.57. The molecule has 0 aromatic carbocycles. The fourth-order valence-electron chi connectivity index (χ4n) is 4.23. The molecule has 0 aromatic rings. The SMILES string of the molecule is CCNC(=NCC1CCSCC1)NC1C2CCOC2C1(C)C.I. The molecule has 3 fully saturated rings. The second-order valence-corrected chi connectivity index (χ2v) is 8.69. The maximum Gasteiger partial charge on any atom is 0.191 e. The molecule has 3 atom stereocenters. The summed E-state index contributed by atoms with van der Waals surface area (Å²) in [5.74, 6) is 5.05. The number of rotatable bonds is 4. The van der Waals surface area contributed by atoms with Gasteiger partial charge in [0.05, 0.1) is 6.10 Å².